The van der Waals surface area contributed by atoms with Crippen molar-refractivity contribution in [1.82, 2.24) is 29.9 Å². The number of amides is 2. The third-order valence-corrected chi connectivity index (χ3v) is 5.79. The summed E-state index contributed by atoms with van der Waals surface area (Å²) in [7, 11) is 1.54. The van der Waals surface area contributed by atoms with E-state index in [1.165, 1.54) is 17.3 Å². The van der Waals surface area contributed by atoms with Crippen LogP contribution in [0.25, 0.3) is 0 Å². The van der Waals surface area contributed by atoms with Crippen LogP contribution in [0.3, 0.4) is 0 Å². The Kier molecular flexibility index (Phi) is 4.75. The second-order valence-corrected chi connectivity index (χ2v) is 8.13. The fourth-order valence-electron chi connectivity index (χ4n) is 3.89. The third-order valence-electron chi connectivity index (χ3n) is 5.79. The number of likely N-dealkylation sites (N-methyl/N-ethyl adjacent to an activating group) is 1. The molecule has 0 bridgehead atoms. The molecule has 9 nitrogen and oxygen atoms in total. The van der Waals surface area contributed by atoms with Gasteiger partial charge in [-0.05, 0) is 12.0 Å². The first-order valence-corrected chi connectivity index (χ1v) is 10.3. The number of benzene rings is 1. The van der Waals surface area contributed by atoms with Gasteiger partial charge in [-0.1, -0.05) is 30.3 Å². The molecule has 1 aliphatic carbocycles. The summed E-state index contributed by atoms with van der Waals surface area (Å²) in [6.45, 7) is 0.778. The number of hydrogen-bond acceptors (Lipinski definition) is 5. The summed E-state index contributed by atoms with van der Waals surface area (Å²) >= 11 is 0. The van der Waals surface area contributed by atoms with E-state index in [1.807, 2.05) is 30.3 Å². The van der Waals surface area contributed by atoms with Crippen molar-refractivity contribution in [2.75, 3.05) is 11.9 Å². The molecule has 2 aliphatic rings. The summed E-state index contributed by atoms with van der Waals surface area (Å²) in [6.07, 6.45) is 1.52. The second-order valence-electron chi connectivity index (χ2n) is 8.13. The van der Waals surface area contributed by atoms with E-state index < -0.39 is 23.8 Å². The van der Waals surface area contributed by atoms with Crippen LogP contribution in [0.1, 0.15) is 40.6 Å². The number of hydrogen-bond donors (Lipinski definition) is 1. The number of nitrogens with one attached hydrogen (secondary N) is 1. The van der Waals surface area contributed by atoms with Crippen molar-refractivity contribution < 1.29 is 18.4 Å². The number of carbonyl (C=O) groups is 2. The van der Waals surface area contributed by atoms with Gasteiger partial charge in [0.15, 0.2) is 0 Å². The van der Waals surface area contributed by atoms with E-state index in [-0.39, 0.29) is 24.6 Å². The standard InChI is InChI=1S/C21H21F2N7O2/c1-28-17-9-16(14-10-21(14,22)23)26-30(17)8-7-15(20(28)32)25-19(31)18-24-12-29(27-18)11-13-5-3-2-4-6-13/h2-6,9,12,14-15H,7-8,10-11H2,1H3,(H,25,31)/t14-,15+/m1/s1. The Labute approximate surface area is 182 Å². The molecule has 2 amide bonds. The Bertz CT molecular complexity index is 1170. The largest absolute Gasteiger partial charge is 0.337 e. The fourth-order valence-corrected chi connectivity index (χ4v) is 3.89. The summed E-state index contributed by atoms with van der Waals surface area (Å²) in [6, 6.07) is 10.4. The van der Waals surface area contributed by atoms with Crippen LogP contribution in [0.4, 0.5) is 14.6 Å². The lowest BCUT2D eigenvalue weighted by atomic mass is 10.2. The number of aromatic nitrogens is 5. The van der Waals surface area contributed by atoms with E-state index in [9.17, 15) is 18.4 Å². The molecular formula is C21H21F2N7O2. The van der Waals surface area contributed by atoms with Crippen LogP contribution >= 0.6 is 0 Å². The normalized spacial score (nSPS) is 21.7. The highest BCUT2D eigenvalue weighted by Gasteiger charge is 2.59. The van der Waals surface area contributed by atoms with Gasteiger partial charge < -0.3 is 5.32 Å². The first-order chi connectivity index (χ1) is 15.3. The Morgan fingerprint density at radius 2 is 2.00 bits per heavy atom. The molecule has 32 heavy (non-hydrogen) atoms. The van der Waals surface area contributed by atoms with Crippen molar-refractivity contribution >= 4 is 17.6 Å². The smallest absolute Gasteiger partial charge is 0.291 e. The number of fused-ring (bicyclic) bond motifs is 1. The molecule has 1 aliphatic heterocycles. The molecule has 0 spiro atoms. The molecule has 0 unspecified atom stereocenters. The Morgan fingerprint density at radius 1 is 1.25 bits per heavy atom. The summed E-state index contributed by atoms with van der Waals surface area (Å²) < 4.78 is 29.9. The summed E-state index contributed by atoms with van der Waals surface area (Å²) in [5.74, 6) is -4.11. The van der Waals surface area contributed by atoms with E-state index in [1.54, 1.807) is 16.4 Å². The zero-order chi connectivity index (χ0) is 22.5. The Hall–Kier alpha value is -3.63. The van der Waals surface area contributed by atoms with Crippen molar-refractivity contribution in [2.24, 2.45) is 0 Å². The predicted octanol–water partition coefficient (Wildman–Crippen LogP) is 1.81. The lowest BCUT2D eigenvalue weighted by Crippen LogP contribution is -2.47. The summed E-state index contributed by atoms with van der Waals surface area (Å²) in [5, 5.41) is 11.2. The molecular weight excluding hydrogens is 420 g/mol. The van der Waals surface area contributed by atoms with Crippen molar-refractivity contribution in [2.45, 2.75) is 43.8 Å². The van der Waals surface area contributed by atoms with Crippen LogP contribution in [0.5, 0.6) is 0 Å². The lowest BCUT2D eigenvalue weighted by molar-refractivity contribution is -0.120. The number of aryl methyl sites for hydroxylation is 1. The SMILES string of the molecule is CN1C(=O)[C@@H](NC(=O)c2ncn(Cc3ccccc3)n2)CCn2nc([C@H]3CC3(F)F)cc21. The van der Waals surface area contributed by atoms with Crippen LogP contribution in [0.2, 0.25) is 0 Å². The molecule has 1 N–H and O–H groups in total. The molecule has 1 fully saturated rings. The zero-order valence-electron chi connectivity index (χ0n) is 17.3. The van der Waals surface area contributed by atoms with Gasteiger partial charge in [0.25, 0.3) is 17.7 Å². The molecule has 1 aromatic carbocycles. The molecule has 3 heterocycles. The van der Waals surface area contributed by atoms with Crippen molar-refractivity contribution in [3.63, 3.8) is 0 Å². The average Bonchev–Trinajstić information content (AvgIpc) is 3.12. The number of rotatable bonds is 5. The maximum absolute atomic E-state index is 13.4. The van der Waals surface area contributed by atoms with Crippen LogP contribution in [-0.4, -0.2) is 55.4 Å². The minimum atomic E-state index is -2.73. The van der Waals surface area contributed by atoms with Gasteiger partial charge in [0.2, 0.25) is 5.82 Å². The minimum absolute atomic E-state index is 0.0309. The lowest BCUT2D eigenvalue weighted by Gasteiger charge is -2.19. The molecule has 1 saturated carbocycles. The number of nitrogens with zero attached hydrogens (tertiary/aromatic N) is 6. The number of alkyl halides is 2. The molecule has 0 radical (unpaired) electrons. The maximum Gasteiger partial charge on any atom is 0.291 e. The quantitative estimate of drug-likeness (QED) is 0.651. The monoisotopic (exact) mass is 441 g/mol. The van der Waals surface area contributed by atoms with E-state index >= 15 is 0 Å². The number of anilines is 1. The van der Waals surface area contributed by atoms with Gasteiger partial charge in [-0.25, -0.2) is 23.1 Å². The maximum atomic E-state index is 13.4. The molecule has 3 aromatic rings. The zero-order valence-corrected chi connectivity index (χ0v) is 17.3. The third kappa shape index (κ3) is 3.74. The van der Waals surface area contributed by atoms with E-state index in [0.29, 0.717) is 24.6 Å². The molecule has 2 aromatic heterocycles. The fraction of sp³-hybridized carbons (Fsp3) is 0.381. The highest BCUT2D eigenvalue weighted by Crippen LogP contribution is 2.55. The van der Waals surface area contributed by atoms with Gasteiger partial charge in [-0.3, -0.25) is 14.5 Å². The number of halogens is 2. The van der Waals surface area contributed by atoms with Gasteiger partial charge in [0, 0.05) is 26.1 Å². The van der Waals surface area contributed by atoms with Crippen molar-refractivity contribution in [3.8, 4) is 0 Å². The van der Waals surface area contributed by atoms with Crippen molar-refractivity contribution in [1.29, 1.82) is 0 Å². The number of carbonyl (C=O) groups excluding carboxylic acids is 2. The van der Waals surface area contributed by atoms with Crippen molar-refractivity contribution in [3.05, 3.63) is 59.8 Å². The molecule has 5 rings (SSSR count). The topological polar surface area (TPSA) is 97.9 Å². The average molecular weight is 441 g/mol. The first kappa shape index (κ1) is 20.3. The van der Waals surface area contributed by atoms with Crippen LogP contribution in [0, 0.1) is 0 Å². The summed E-state index contributed by atoms with van der Waals surface area (Å²) in [5.41, 5.74) is 1.31. The van der Waals surface area contributed by atoms with E-state index in [4.69, 9.17) is 0 Å². The summed E-state index contributed by atoms with van der Waals surface area (Å²) in [4.78, 5) is 31.0. The highest BCUT2D eigenvalue weighted by atomic mass is 19.3. The van der Waals surface area contributed by atoms with Gasteiger partial charge >= 0.3 is 0 Å². The Balaban J connectivity index is 1.25. The Morgan fingerprint density at radius 3 is 2.72 bits per heavy atom. The molecule has 0 saturated heterocycles. The van der Waals surface area contributed by atoms with Crippen LogP contribution in [-0.2, 0) is 17.9 Å². The first-order valence-electron chi connectivity index (χ1n) is 10.3. The second kappa shape index (κ2) is 7.50. The highest BCUT2D eigenvalue weighted by molar-refractivity contribution is 6.00. The van der Waals surface area contributed by atoms with Gasteiger partial charge in [-0.15, -0.1) is 5.10 Å². The predicted molar refractivity (Wildman–Crippen MR) is 109 cm³/mol. The van der Waals surface area contributed by atoms with Crippen LogP contribution < -0.4 is 10.2 Å². The molecule has 2 atom stereocenters. The molecule has 11 heteroatoms. The molecule has 166 valence electrons. The van der Waals surface area contributed by atoms with Gasteiger partial charge in [0.1, 0.15) is 18.2 Å². The minimum Gasteiger partial charge on any atom is -0.337 e. The van der Waals surface area contributed by atoms with Crippen LogP contribution in [0.15, 0.2) is 42.7 Å². The van der Waals surface area contributed by atoms with Gasteiger partial charge in [-0.2, -0.15) is 5.10 Å². The van der Waals surface area contributed by atoms with E-state index in [2.05, 4.69) is 20.5 Å². The van der Waals surface area contributed by atoms with E-state index in [0.717, 1.165) is 5.56 Å². The van der Waals surface area contributed by atoms with Gasteiger partial charge in [0.05, 0.1) is 18.2 Å².